The summed E-state index contributed by atoms with van der Waals surface area (Å²) in [4.78, 5) is 9.41. The Balaban J connectivity index is 1.49. The van der Waals surface area contributed by atoms with Gasteiger partial charge in [0.25, 0.3) is 0 Å². The molecule has 1 aromatic carbocycles. The molecule has 0 spiro atoms. The van der Waals surface area contributed by atoms with Gasteiger partial charge in [0.1, 0.15) is 0 Å². The van der Waals surface area contributed by atoms with Gasteiger partial charge in [-0.15, -0.1) is 0 Å². The quantitative estimate of drug-likeness (QED) is 0.830. The van der Waals surface area contributed by atoms with Gasteiger partial charge in [0.15, 0.2) is 0 Å². The Kier molecular flexibility index (Phi) is 3.05. The number of anilines is 1. The molecule has 0 atom stereocenters. The number of ether oxygens (including phenoxy) is 1. The third kappa shape index (κ3) is 2.15. The number of benzene rings is 1. The molecule has 4 rings (SSSR count). The minimum atomic E-state index is 0.665. The van der Waals surface area contributed by atoms with Crippen molar-refractivity contribution in [2.45, 2.75) is 6.04 Å². The number of aromatic nitrogens is 1. The van der Waals surface area contributed by atoms with E-state index >= 15 is 0 Å². The van der Waals surface area contributed by atoms with Crippen molar-refractivity contribution >= 4 is 16.6 Å². The smallest absolute Gasteiger partial charge is 0.0703 e. The molecule has 2 fully saturated rings. The molecule has 3 heterocycles. The molecule has 0 unspecified atom stereocenters. The molecular weight excluding hydrogens is 250 g/mol. The molecule has 0 saturated carbocycles. The van der Waals surface area contributed by atoms with Crippen LogP contribution >= 0.6 is 0 Å². The first-order valence-corrected chi connectivity index (χ1v) is 7.32. The molecule has 0 N–H and O–H groups in total. The molecular formula is C16H19N3O. The van der Waals surface area contributed by atoms with Gasteiger partial charge >= 0.3 is 0 Å². The van der Waals surface area contributed by atoms with Crippen LogP contribution in [0.5, 0.6) is 0 Å². The Hall–Kier alpha value is -1.65. The fourth-order valence-corrected chi connectivity index (χ4v) is 3.04. The number of rotatable bonds is 2. The van der Waals surface area contributed by atoms with E-state index in [0.717, 1.165) is 44.9 Å². The van der Waals surface area contributed by atoms with E-state index in [-0.39, 0.29) is 0 Å². The van der Waals surface area contributed by atoms with Crippen molar-refractivity contribution in [3.63, 3.8) is 0 Å². The minimum absolute atomic E-state index is 0.665. The van der Waals surface area contributed by atoms with Crippen molar-refractivity contribution in [1.29, 1.82) is 0 Å². The summed E-state index contributed by atoms with van der Waals surface area (Å²) < 4.78 is 5.29. The standard InChI is InChI=1S/C16H19N3O/c1-2-13-10-14(3-4-16(13)17-5-1)18-6-8-19(9-7-18)15-11-20-12-15/h1-5,10,15H,6-9,11-12H2. The molecule has 2 aliphatic heterocycles. The van der Waals surface area contributed by atoms with E-state index in [2.05, 4.69) is 39.0 Å². The van der Waals surface area contributed by atoms with E-state index in [4.69, 9.17) is 4.74 Å². The third-order valence-corrected chi connectivity index (χ3v) is 4.40. The molecule has 0 aliphatic carbocycles. The third-order valence-electron chi connectivity index (χ3n) is 4.40. The average molecular weight is 269 g/mol. The number of pyridine rings is 1. The maximum absolute atomic E-state index is 5.29. The lowest BCUT2D eigenvalue weighted by Gasteiger charge is -2.43. The summed E-state index contributed by atoms with van der Waals surface area (Å²) in [7, 11) is 0. The molecule has 4 heteroatoms. The average Bonchev–Trinajstić information content (AvgIpc) is 2.46. The highest BCUT2D eigenvalue weighted by Crippen LogP contribution is 2.23. The minimum Gasteiger partial charge on any atom is -0.378 e. The van der Waals surface area contributed by atoms with E-state index in [0.29, 0.717) is 6.04 Å². The lowest BCUT2D eigenvalue weighted by atomic mass is 10.1. The van der Waals surface area contributed by atoms with Gasteiger partial charge in [-0.2, -0.15) is 0 Å². The van der Waals surface area contributed by atoms with Crippen molar-refractivity contribution in [2.75, 3.05) is 44.3 Å². The molecule has 2 aromatic rings. The summed E-state index contributed by atoms with van der Waals surface area (Å²) in [5, 5.41) is 1.22. The van der Waals surface area contributed by atoms with Gasteiger partial charge in [-0.25, -0.2) is 0 Å². The van der Waals surface area contributed by atoms with Crippen LogP contribution in [0.1, 0.15) is 0 Å². The second-order valence-electron chi connectivity index (χ2n) is 5.59. The highest BCUT2D eigenvalue weighted by atomic mass is 16.5. The van der Waals surface area contributed by atoms with Gasteiger partial charge in [-0.05, 0) is 24.3 Å². The molecule has 4 nitrogen and oxygen atoms in total. The van der Waals surface area contributed by atoms with Gasteiger partial charge < -0.3 is 9.64 Å². The molecule has 2 saturated heterocycles. The Labute approximate surface area is 119 Å². The van der Waals surface area contributed by atoms with Crippen LogP contribution in [0.15, 0.2) is 36.5 Å². The van der Waals surface area contributed by atoms with Crippen molar-refractivity contribution in [3.8, 4) is 0 Å². The van der Waals surface area contributed by atoms with Crippen LogP contribution in [0.25, 0.3) is 10.9 Å². The topological polar surface area (TPSA) is 28.6 Å². The lowest BCUT2D eigenvalue weighted by molar-refractivity contribution is -0.0660. The molecule has 2 aliphatic rings. The van der Waals surface area contributed by atoms with E-state index in [1.165, 1.54) is 11.1 Å². The van der Waals surface area contributed by atoms with Crippen molar-refractivity contribution < 1.29 is 4.74 Å². The van der Waals surface area contributed by atoms with Crippen molar-refractivity contribution in [3.05, 3.63) is 36.5 Å². The summed E-state index contributed by atoms with van der Waals surface area (Å²) in [5.41, 5.74) is 2.39. The van der Waals surface area contributed by atoms with Crippen LogP contribution < -0.4 is 4.90 Å². The maximum atomic E-state index is 5.29. The van der Waals surface area contributed by atoms with E-state index < -0.39 is 0 Å². The summed E-state index contributed by atoms with van der Waals surface area (Å²) in [6.07, 6.45) is 1.85. The highest BCUT2D eigenvalue weighted by Gasteiger charge is 2.28. The van der Waals surface area contributed by atoms with E-state index in [9.17, 15) is 0 Å². The van der Waals surface area contributed by atoms with Gasteiger partial charge in [0.05, 0.1) is 24.8 Å². The van der Waals surface area contributed by atoms with Crippen LogP contribution in [-0.4, -0.2) is 55.3 Å². The zero-order chi connectivity index (χ0) is 13.4. The summed E-state index contributed by atoms with van der Waals surface area (Å²) >= 11 is 0. The SMILES string of the molecule is c1cnc2ccc(N3CCN(C4COC4)CC3)cc2c1. The highest BCUT2D eigenvalue weighted by molar-refractivity contribution is 5.82. The fourth-order valence-electron chi connectivity index (χ4n) is 3.04. The maximum Gasteiger partial charge on any atom is 0.0703 e. The number of fused-ring (bicyclic) bond motifs is 1. The predicted molar refractivity (Wildman–Crippen MR) is 80.1 cm³/mol. The normalized spacial score (nSPS) is 21.1. The van der Waals surface area contributed by atoms with E-state index in [1.54, 1.807) is 0 Å². The van der Waals surface area contributed by atoms with Crippen molar-refractivity contribution in [2.24, 2.45) is 0 Å². The molecule has 20 heavy (non-hydrogen) atoms. The molecule has 0 amide bonds. The second-order valence-corrected chi connectivity index (χ2v) is 5.59. The first kappa shape index (κ1) is 12.1. The Bertz CT molecular complexity index is 603. The number of hydrogen-bond acceptors (Lipinski definition) is 4. The summed E-state index contributed by atoms with van der Waals surface area (Å²) in [6, 6.07) is 11.4. The van der Waals surface area contributed by atoms with Gasteiger partial charge in [-0.1, -0.05) is 6.07 Å². The van der Waals surface area contributed by atoms with Crippen molar-refractivity contribution in [1.82, 2.24) is 9.88 Å². The van der Waals surface area contributed by atoms with Crippen LogP contribution in [0.2, 0.25) is 0 Å². The second kappa shape index (κ2) is 5.04. The first-order chi connectivity index (χ1) is 9.90. The zero-order valence-electron chi connectivity index (χ0n) is 11.5. The first-order valence-electron chi connectivity index (χ1n) is 7.32. The molecule has 1 aromatic heterocycles. The fraction of sp³-hybridized carbons (Fsp3) is 0.438. The van der Waals surface area contributed by atoms with Gasteiger partial charge in [0.2, 0.25) is 0 Å². The number of nitrogens with zero attached hydrogens (tertiary/aromatic N) is 3. The zero-order valence-corrected chi connectivity index (χ0v) is 11.5. The van der Waals surface area contributed by atoms with E-state index in [1.807, 2.05) is 12.3 Å². The van der Waals surface area contributed by atoms with Crippen LogP contribution in [0.3, 0.4) is 0 Å². The molecule has 0 radical (unpaired) electrons. The van der Waals surface area contributed by atoms with Gasteiger partial charge in [-0.3, -0.25) is 9.88 Å². The van der Waals surface area contributed by atoms with Gasteiger partial charge in [0, 0.05) is 43.4 Å². The number of piperazine rings is 1. The largest absolute Gasteiger partial charge is 0.378 e. The van der Waals surface area contributed by atoms with Crippen LogP contribution in [0, 0.1) is 0 Å². The molecule has 104 valence electrons. The Morgan fingerprint density at radius 3 is 2.65 bits per heavy atom. The van der Waals surface area contributed by atoms with Crippen LogP contribution in [0.4, 0.5) is 5.69 Å². The monoisotopic (exact) mass is 269 g/mol. The summed E-state index contributed by atoms with van der Waals surface area (Å²) in [6.45, 7) is 6.31. The summed E-state index contributed by atoms with van der Waals surface area (Å²) in [5.74, 6) is 0. The molecule has 0 bridgehead atoms. The predicted octanol–water partition coefficient (Wildman–Crippen LogP) is 1.76. The van der Waals surface area contributed by atoms with Crippen LogP contribution in [-0.2, 0) is 4.74 Å². The Morgan fingerprint density at radius 2 is 1.90 bits per heavy atom. The lowest BCUT2D eigenvalue weighted by Crippen LogP contribution is -2.56. The Morgan fingerprint density at radius 1 is 1.05 bits per heavy atom. The number of hydrogen-bond donors (Lipinski definition) is 0.